The molecule has 2 aromatic rings. The summed E-state index contributed by atoms with van der Waals surface area (Å²) in [4.78, 5) is 29.2. The first kappa shape index (κ1) is 23.9. The molecular weight excluding hydrogens is 434 g/mol. The summed E-state index contributed by atoms with van der Waals surface area (Å²) < 4.78 is 17.3. The minimum atomic E-state index is -0.239. The van der Waals surface area contributed by atoms with Gasteiger partial charge in [-0.25, -0.2) is 0 Å². The number of amides is 2. The van der Waals surface area contributed by atoms with Crippen molar-refractivity contribution in [3.8, 4) is 11.5 Å². The van der Waals surface area contributed by atoms with Gasteiger partial charge < -0.3 is 29.3 Å². The van der Waals surface area contributed by atoms with Crippen LogP contribution in [-0.2, 0) is 16.1 Å². The van der Waals surface area contributed by atoms with Crippen LogP contribution in [0.3, 0.4) is 0 Å². The number of rotatable bonds is 9. The molecule has 0 aliphatic carbocycles. The highest BCUT2D eigenvalue weighted by atomic mass is 16.5. The van der Waals surface area contributed by atoms with Crippen LogP contribution in [0.2, 0.25) is 0 Å². The second-order valence-electron chi connectivity index (χ2n) is 8.35. The molecule has 0 radical (unpaired) electrons. The van der Waals surface area contributed by atoms with Gasteiger partial charge in [0.2, 0.25) is 5.91 Å². The minimum Gasteiger partial charge on any atom is -0.492 e. The molecule has 0 bridgehead atoms. The third kappa shape index (κ3) is 5.62. The first-order valence-corrected chi connectivity index (χ1v) is 12.0. The Hall–Kier alpha value is -3.26. The van der Waals surface area contributed by atoms with Crippen molar-refractivity contribution in [2.75, 3.05) is 56.3 Å². The fraction of sp³-hybridized carbons (Fsp3) is 0.462. The van der Waals surface area contributed by atoms with E-state index in [1.807, 2.05) is 49.1 Å². The number of benzene rings is 2. The molecule has 2 aliphatic rings. The number of likely N-dealkylation sites (tertiary alicyclic amines) is 1. The molecule has 2 fully saturated rings. The zero-order chi connectivity index (χ0) is 23.9. The van der Waals surface area contributed by atoms with E-state index in [0.717, 1.165) is 37.3 Å². The largest absolute Gasteiger partial charge is 0.492 e. The molecular formula is C26H33N3O5. The van der Waals surface area contributed by atoms with Crippen molar-refractivity contribution < 1.29 is 23.8 Å². The fourth-order valence-electron chi connectivity index (χ4n) is 4.34. The molecule has 182 valence electrons. The zero-order valence-corrected chi connectivity index (χ0v) is 20.0. The zero-order valence-electron chi connectivity index (χ0n) is 20.0. The van der Waals surface area contributed by atoms with Gasteiger partial charge in [-0.15, -0.1) is 0 Å². The molecule has 2 saturated heterocycles. The van der Waals surface area contributed by atoms with Gasteiger partial charge in [-0.3, -0.25) is 9.59 Å². The molecule has 1 N–H and O–H groups in total. The summed E-state index contributed by atoms with van der Waals surface area (Å²) in [5, 5.41) is 3.00. The van der Waals surface area contributed by atoms with E-state index in [1.54, 1.807) is 6.07 Å². The maximum atomic E-state index is 13.2. The number of hydrogen-bond donors (Lipinski definition) is 1. The van der Waals surface area contributed by atoms with Crippen molar-refractivity contribution in [3.63, 3.8) is 0 Å². The van der Waals surface area contributed by atoms with Crippen LogP contribution in [0.4, 0.5) is 11.4 Å². The summed E-state index contributed by atoms with van der Waals surface area (Å²) in [7, 11) is 0. The lowest BCUT2D eigenvalue weighted by molar-refractivity contribution is -0.128. The van der Waals surface area contributed by atoms with Crippen molar-refractivity contribution in [1.82, 2.24) is 4.90 Å². The Balaban J connectivity index is 1.57. The van der Waals surface area contributed by atoms with Crippen LogP contribution in [0.1, 0.15) is 42.6 Å². The summed E-state index contributed by atoms with van der Waals surface area (Å²) in [5.41, 5.74) is 2.96. The summed E-state index contributed by atoms with van der Waals surface area (Å²) in [6.07, 6.45) is 1.49. The fourth-order valence-corrected chi connectivity index (χ4v) is 4.34. The second-order valence-corrected chi connectivity index (χ2v) is 8.35. The number of hydrogen-bond acceptors (Lipinski definition) is 6. The predicted octanol–water partition coefficient (Wildman–Crippen LogP) is 3.70. The van der Waals surface area contributed by atoms with Gasteiger partial charge in [0.05, 0.1) is 37.8 Å². The Morgan fingerprint density at radius 3 is 2.50 bits per heavy atom. The van der Waals surface area contributed by atoms with Crippen LogP contribution in [-0.4, -0.2) is 62.8 Å². The molecule has 0 aromatic heterocycles. The summed E-state index contributed by atoms with van der Waals surface area (Å²) in [5.74, 6) is 1.22. The molecule has 0 saturated carbocycles. The topological polar surface area (TPSA) is 80.3 Å². The van der Waals surface area contributed by atoms with Gasteiger partial charge in [-0.05, 0) is 38.0 Å². The van der Waals surface area contributed by atoms with E-state index < -0.39 is 0 Å². The number of ether oxygens (including phenoxy) is 3. The predicted molar refractivity (Wildman–Crippen MR) is 131 cm³/mol. The number of carbonyl (C=O) groups excluding carboxylic acids is 2. The van der Waals surface area contributed by atoms with Gasteiger partial charge in [0.1, 0.15) is 11.5 Å². The van der Waals surface area contributed by atoms with Crippen molar-refractivity contribution in [2.24, 2.45) is 0 Å². The molecule has 4 rings (SSSR count). The van der Waals surface area contributed by atoms with Crippen LogP contribution in [0.5, 0.6) is 11.5 Å². The minimum absolute atomic E-state index is 0.167. The van der Waals surface area contributed by atoms with Crippen molar-refractivity contribution in [1.29, 1.82) is 0 Å². The molecule has 34 heavy (non-hydrogen) atoms. The van der Waals surface area contributed by atoms with Gasteiger partial charge in [0.25, 0.3) is 5.91 Å². The van der Waals surface area contributed by atoms with E-state index in [1.165, 1.54) is 0 Å². The van der Waals surface area contributed by atoms with Crippen LogP contribution >= 0.6 is 0 Å². The smallest absolute Gasteiger partial charge is 0.255 e. The Morgan fingerprint density at radius 1 is 1.03 bits per heavy atom. The second kappa shape index (κ2) is 11.2. The standard InChI is InChI=1S/C26H33N3O5/c1-3-33-23-17-22(28-11-13-32-14-12-28)24(34-4-2)16-21(23)27-26(31)20-8-5-7-19(15-20)18-29-10-6-9-25(29)30/h5,7-8,15-17H,3-4,6,9-14,18H2,1-2H3,(H,27,31). The first-order chi connectivity index (χ1) is 16.6. The third-order valence-electron chi connectivity index (χ3n) is 5.99. The maximum Gasteiger partial charge on any atom is 0.255 e. The molecule has 2 aromatic carbocycles. The highest BCUT2D eigenvalue weighted by Gasteiger charge is 2.22. The van der Waals surface area contributed by atoms with E-state index in [0.29, 0.717) is 62.1 Å². The van der Waals surface area contributed by atoms with E-state index in [9.17, 15) is 9.59 Å². The summed E-state index contributed by atoms with van der Waals surface area (Å²) >= 11 is 0. The molecule has 0 spiro atoms. The maximum absolute atomic E-state index is 13.2. The number of carbonyl (C=O) groups is 2. The molecule has 0 unspecified atom stereocenters. The number of nitrogens with zero attached hydrogens (tertiary/aromatic N) is 2. The summed E-state index contributed by atoms with van der Waals surface area (Å²) in [6.45, 7) is 8.98. The van der Waals surface area contributed by atoms with Gasteiger partial charge in [-0.1, -0.05) is 12.1 Å². The highest BCUT2D eigenvalue weighted by molar-refractivity contribution is 6.05. The van der Waals surface area contributed by atoms with Crippen LogP contribution < -0.4 is 19.7 Å². The molecule has 2 amide bonds. The average Bonchev–Trinajstić information content (AvgIpc) is 3.25. The van der Waals surface area contributed by atoms with Gasteiger partial charge in [0.15, 0.2) is 0 Å². The number of morpholine rings is 1. The van der Waals surface area contributed by atoms with Crippen LogP contribution in [0.25, 0.3) is 0 Å². The molecule has 0 atom stereocenters. The van der Waals surface area contributed by atoms with E-state index in [2.05, 4.69) is 10.2 Å². The van der Waals surface area contributed by atoms with Crippen molar-refractivity contribution >= 4 is 23.2 Å². The summed E-state index contributed by atoms with van der Waals surface area (Å²) in [6, 6.07) is 11.2. The Bertz CT molecular complexity index is 1020. The van der Waals surface area contributed by atoms with E-state index in [-0.39, 0.29) is 11.8 Å². The third-order valence-corrected chi connectivity index (χ3v) is 5.99. The lowest BCUT2D eigenvalue weighted by Gasteiger charge is -2.31. The number of nitrogens with one attached hydrogen (secondary N) is 1. The lowest BCUT2D eigenvalue weighted by atomic mass is 10.1. The quantitative estimate of drug-likeness (QED) is 0.606. The lowest BCUT2D eigenvalue weighted by Crippen LogP contribution is -2.36. The normalized spacial score (nSPS) is 16.0. The average molecular weight is 468 g/mol. The van der Waals surface area contributed by atoms with Gasteiger partial charge in [-0.2, -0.15) is 0 Å². The highest BCUT2D eigenvalue weighted by Crippen LogP contribution is 2.39. The SMILES string of the molecule is CCOc1cc(N2CCOCC2)c(OCC)cc1NC(=O)c1cccc(CN2CCCC2=O)c1. The molecule has 2 aliphatic heterocycles. The van der Waals surface area contributed by atoms with E-state index in [4.69, 9.17) is 14.2 Å². The number of anilines is 2. The van der Waals surface area contributed by atoms with Gasteiger partial charge >= 0.3 is 0 Å². The van der Waals surface area contributed by atoms with E-state index >= 15 is 0 Å². The Morgan fingerprint density at radius 2 is 1.79 bits per heavy atom. The van der Waals surface area contributed by atoms with Crippen molar-refractivity contribution in [2.45, 2.75) is 33.2 Å². The van der Waals surface area contributed by atoms with Crippen LogP contribution in [0.15, 0.2) is 36.4 Å². The van der Waals surface area contributed by atoms with Crippen molar-refractivity contribution in [3.05, 3.63) is 47.5 Å². The molecule has 2 heterocycles. The first-order valence-electron chi connectivity index (χ1n) is 12.0. The molecule has 8 heteroatoms. The van der Waals surface area contributed by atoms with Crippen LogP contribution in [0, 0.1) is 0 Å². The monoisotopic (exact) mass is 467 g/mol. The Kier molecular flexibility index (Phi) is 7.90. The Labute approximate surface area is 200 Å². The van der Waals surface area contributed by atoms with Gasteiger partial charge in [0, 0.05) is 50.3 Å². The molecule has 8 nitrogen and oxygen atoms in total.